The second kappa shape index (κ2) is 5.83. The molecule has 0 saturated carbocycles. The smallest absolute Gasteiger partial charge is 0.226 e. The molecular weight excluding hydrogens is 216 g/mol. The average Bonchev–Trinajstić information content (AvgIpc) is 2.30. The zero-order valence-corrected chi connectivity index (χ0v) is 11.3. The summed E-state index contributed by atoms with van der Waals surface area (Å²) in [5.74, 6) is 0.111. The van der Waals surface area contributed by atoms with Crippen LogP contribution in [0.1, 0.15) is 46.5 Å². The molecule has 1 saturated heterocycles. The lowest BCUT2D eigenvalue weighted by Gasteiger charge is -2.38. The Morgan fingerprint density at radius 1 is 1.41 bits per heavy atom. The van der Waals surface area contributed by atoms with Crippen LogP contribution in [0.5, 0.6) is 0 Å². The molecule has 1 heterocycles. The number of aliphatic hydroxyl groups is 1. The van der Waals surface area contributed by atoms with E-state index in [1.807, 2.05) is 13.8 Å². The topological polar surface area (TPSA) is 61.4 Å². The van der Waals surface area contributed by atoms with Gasteiger partial charge < -0.3 is 15.7 Å². The molecule has 1 aliphatic heterocycles. The highest BCUT2D eigenvalue weighted by Crippen LogP contribution is 2.34. The van der Waals surface area contributed by atoms with Gasteiger partial charge in [-0.05, 0) is 46.2 Å². The monoisotopic (exact) mass is 242 g/mol. The van der Waals surface area contributed by atoms with E-state index in [1.165, 1.54) is 0 Å². The van der Waals surface area contributed by atoms with Crippen LogP contribution < -0.4 is 10.6 Å². The van der Waals surface area contributed by atoms with Gasteiger partial charge in [0.25, 0.3) is 0 Å². The van der Waals surface area contributed by atoms with Gasteiger partial charge in [-0.15, -0.1) is 0 Å². The van der Waals surface area contributed by atoms with Crippen molar-refractivity contribution in [3.63, 3.8) is 0 Å². The summed E-state index contributed by atoms with van der Waals surface area (Å²) < 4.78 is 0. The van der Waals surface area contributed by atoms with E-state index in [4.69, 9.17) is 0 Å². The Bertz CT molecular complexity index is 253. The third-order valence-electron chi connectivity index (χ3n) is 3.62. The summed E-state index contributed by atoms with van der Waals surface area (Å²) in [6, 6.07) is 0. The molecule has 4 nitrogen and oxygen atoms in total. The standard InChI is InChI=1S/C13H26N2O2/c1-4-5-13(6-8-14-9-7-13)11(17)15-12(2,3)10-16/h14,16H,4-10H2,1-3H3,(H,15,17). The summed E-state index contributed by atoms with van der Waals surface area (Å²) in [6.45, 7) is 7.62. The summed E-state index contributed by atoms with van der Waals surface area (Å²) in [4.78, 5) is 12.4. The Labute approximate surface area is 104 Å². The van der Waals surface area contributed by atoms with E-state index in [0.717, 1.165) is 38.8 Å². The molecule has 0 spiro atoms. The SMILES string of the molecule is CCCC1(C(=O)NC(C)(C)CO)CCNCC1. The van der Waals surface area contributed by atoms with Gasteiger partial charge in [0.15, 0.2) is 0 Å². The molecule has 0 aromatic rings. The van der Waals surface area contributed by atoms with Crippen LogP contribution in [0.2, 0.25) is 0 Å². The molecule has 0 atom stereocenters. The number of rotatable bonds is 5. The van der Waals surface area contributed by atoms with Gasteiger partial charge in [0, 0.05) is 0 Å². The van der Waals surface area contributed by atoms with Gasteiger partial charge in [0.05, 0.1) is 17.6 Å². The van der Waals surface area contributed by atoms with E-state index in [9.17, 15) is 9.90 Å². The van der Waals surface area contributed by atoms with Crippen LogP contribution in [0.15, 0.2) is 0 Å². The van der Waals surface area contributed by atoms with Crippen LogP contribution in [-0.4, -0.2) is 36.2 Å². The molecule has 4 heteroatoms. The van der Waals surface area contributed by atoms with Crippen LogP contribution in [0.25, 0.3) is 0 Å². The summed E-state index contributed by atoms with van der Waals surface area (Å²) in [7, 11) is 0. The largest absolute Gasteiger partial charge is 0.394 e. The quantitative estimate of drug-likeness (QED) is 0.675. The van der Waals surface area contributed by atoms with Gasteiger partial charge in [-0.2, -0.15) is 0 Å². The van der Waals surface area contributed by atoms with Crippen molar-refractivity contribution in [1.29, 1.82) is 0 Å². The highest BCUT2D eigenvalue weighted by Gasteiger charge is 2.40. The Kier molecular flexibility index (Phi) is 4.95. The first-order chi connectivity index (χ1) is 7.96. The third-order valence-corrected chi connectivity index (χ3v) is 3.62. The van der Waals surface area contributed by atoms with Crippen LogP contribution in [0.4, 0.5) is 0 Å². The number of carbonyl (C=O) groups is 1. The molecule has 0 unspecified atom stereocenters. The molecule has 100 valence electrons. The fourth-order valence-electron chi connectivity index (χ4n) is 2.45. The van der Waals surface area contributed by atoms with E-state index in [2.05, 4.69) is 17.6 Å². The van der Waals surface area contributed by atoms with Crippen molar-refractivity contribution in [1.82, 2.24) is 10.6 Å². The Hall–Kier alpha value is -0.610. The van der Waals surface area contributed by atoms with Crippen LogP contribution in [-0.2, 0) is 4.79 Å². The zero-order chi connectivity index (χ0) is 12.9. The fraction of sp³-hybridized carbons (Fsp3) is 0.923. The molecule has 0 aliphatic carbocycles. The average molecular weight is 242 g/mol. The molecular formula is C13H26N2O2. The van der Waals surface area contributed by atoms with E-state index >= 15 is 0 Å². The maximum absolute atomic E-state index is 12.4. The number of piperidine rings is 1. The van der Waals surface area contributed by atoms with Crippen molar-refractivity contribution in [2.75, 3.05) is 19.7 Å². The second-order valence-corrected chi connectivity index (χ2v) is 5.78. The van der Waals surface area contributed by atoms with Crippen LogP contribution in [0.3, 0.4) is 0 Å². The van der Waals surface area contributed by atoms with Crippen molar-refractivity contribution < 1.29 is 9.90 Å². The van der Waals surface area contributed by atoms with Crippen LogP contribution in [0, 0.1) is 5.41 Å². The number of hydrogen-bond donors (Lipinski definition) is 3. The molecule has 0 bridgehead atoms. The van der Waals surface area contributed by atoms with Crippen molar-refractivity contribution in [2.24, 2.45) is 5.41 Å². The Balaban J connectivity index is 2.73. The first-order valence-corrected chi connectivity index (χ1v) is 6.60. The molecule has 1 aliphatic rings. The maximum Gasteiger partial charge on any atom is 0.226 e. The van der Waals surface area contributed by atoms with Gasteiger partial charge >= 0.3 is 0 Å². The first-order valence-electron chi connectivity index (χ1n) is 6.60. The number of hydrogen-bond acceptors (Lipinski definition) is 3. The lowest BCUT2D eigenvalue weighted by molar-refractivity contribution is -0.135. The predicted molar refractivity (Wildman–Crippen MR) is 68.8 cm³/mol. The number of carbonyl (C=O) groups excluding carboxylic acids is 1. The van der Waals surface area contributed by atoms with Crippen molar-refractivity contribution >= 4 is 5.91 Å². The maximum atomic E-state index is 12.4. The lowest BCUT2D eigenvalue weighted by atomic mass is 9.74. The minimum atomic E-state index is -0.525. The lowest BCUT2D eigenvalue weighted by Crippen LogP contribution is -2.55. The number of nitrogens with one attached hydrogen (secondary N) is 2. The fourth-order valence-corrected chi connectivity index (χ4v) is 2.45. The summed E-state index contributed by atoms with van der Waals surface area (Å²) in [5, 5.41) is 15.5. The minimum Gasteiger partial charge on any atom is -0.394 e. The van der Waals surface area contributed by atoms with Gasteiger partial charge in [-0.3, -0.25) is 4.79 Å². The third kappa shape index (κ3) is 3.68. The van der Waals surface area contributed by atoms with Gasteiger partial charge in [-0.25, -0.2) is 0 Å². The van der Waals surface area contributed by atoms with E-state index in [1.54, 1.807) is 0 Å². The number of aliphatic hydroxyl groups excluding tert-OH is 1. The van der Waals surface area contributed by atoms with Crippen molar-refractivity contribution in [3.05, 3.63) is 0 Å². The number of amides is 1. The highest BCUT2D eigenvalue weighted by atomic mass is 16.3. The van der Waals surface area contributed by atoms with E-state index in [0.29, 0.717) is 0 Å². The van der Waals surface area contributed by atoms with Crippen molar-refractivity contribution in [3.8, 4) is 0 Å². The molecule has 1 rings (SSSR count). The second-order valence-electron chi connectivity index (χ2n) is 5.78. The molecule has 0 radical (unpaired) electrons. The van der Waals surface area contributed by atoms with Gasteiger partial charge in [-0.1, -0.05) is 13.3 Å². The van der Waals surface area contributed by atoms with Crippen molar-refractivity contribution in [2.45, 2.75) is 52.0 Å². The van der Waals surface area contributed by atoms with Gasteiger partial charge in [0.1, 0.15) is 0 Å². The normalized spacial score (nSPS) is 20.0. The van der Waals surface area contributed by atoms with E-state index < -0.39 is 5.54 Å². The first kappa shape index (κ1) is 14.5. The molecule has 1 fully saturated rings. The molecule has 0 aromatic carbocycles. The summed E-state index contributed by atoms with van der Waals surface area (Å²) in [6.07, 6.45) is 3.75. The highest BCUT2D eigenvalue weighted by molar-refractivity contribution is 5.83. The Morgan fingerprint density at radius 2 is 2.00 bits per heavy atom. The van der Waals surface area contributed by atoms with Gasteiger partial charge in [0.2, 0.25) is 5.91 Å². The predicted octanol–water partition coefficient (Wildman–Crippen LogP) is 1.04. The summed E-state index contributed by atoms with van der Waals surface area (Å²) in [5.41, 5.74) is -0.755. The molecule has 3 N–H and O–H groups in total. The summed E-state index contributed by atoms with van der Waals surface area (Å²) >= 11 is 0. The molecule has 1 amide bonds. The molecule has 17 heavy (non-hydrogen) atoms. The zero-order valence-electron chi connectivity index (χ0n) is 11.3. The molecule has 0 aromatic heterocycles. The van der Waals surface area contributed by atoms with Crippen LogP contribution >= 0.6 is 0 Å². The van der Waals surface area contributed by atoms with E-state index in [-0.39, 0.29) is 17.9 Å². The Morgan fingerprint density at radius 3 is 2.47 bits per heavy atom. The minimum absolute atomic E-state index is 0.0286.